The molecule has 0 aliphatic heterocycles. The van der Waals surface area contributed by atoms with E-state index in [9.17, 15) is 22.4 Å². The summed E-state index contributed by atoms with van der Waals surface area (Å²) in [5, 5.41) is 2.99. The van der Waals surface area contributed by atoms with Gasteiger partial charge in [-0.1, -0.05) is 6.07 Å². The molecule has 0 saturated heterocycles. The van der Waals surface area contributed by atoms with Crippen molar-refractivity contribution in [2.75, 3.05) is 11.1 Å². The Morgan fingerprint density at radius 2 is 1.81 bits per heavy atom. The number of amides is 1. The number of hydrogen-bond donors (Lipinski definition) is 2. The van der Waals surface area contributed by atoms with Crippen molar-refractivity contribution in [2.45, 2.75) is 13.1 Å². The number of carbonyl (C=O) groups is 1. The lowest BCUT2D eigenvalue weighted by atomic mass is 10.00. The van der Waals surface area contributed by atoms with Gasteiger partial charge in [0.1, 0.15) is 11.2 Å². The first-order valence-corrected chi connectivity index (χ1v) is 9.29. The molecule has 0 unspecified atom stereocenters. The van der Waals surface area contributed by atoms with E-state index in [1.807, 2.05) is 6.92 Å². The van der Waals surface area contributed by atoms with Crippen molar-refractivity contribution in [3.63, 3.8) is 0 Å². The molecule has 3 heterocycles. The van der Waals surface area contributed by atoms with Crippen LogP contribution >= 0.6 is 0 Å². The molecule has 1 amide bonds. The molecule has 0 bridgehead atoms. The van der Waals surface area contributed by atoms with Crippen molar-refractivity contribution in [3.8, 4) is 11.1 Å². The Balaban J connectivity index is 1.66. The van der Waals surface area contributed by atoms with E-state index >= 15 is 0 Å². The molecule has 0 saturated carbocycles. The number of carbonyl (C=O) groups excluding carboxylic acids is 1. The van der Waals surface area contributed by atoms with Crippen molar-refractivity contribution in [3.05, 3.63) is 77.6 Å². The fraction of sp³-hybridized carbons (Fsp3) is 0.0909. The van der Waals surface area contributed by atoms with Crippen LogP contribution in [0.3, 0.4) is 0 Å². The molecule has 162 valence electrons. The number of pyridine rings is 3. The number of nitrogens with zero attached hydrogens (tertiary/aromatic N) is 3. The number of nitrogen functional groups attached to an aromatic ring is 1. The predicted octanol–water partition coefficient (Wildman–Crippen LogP) is 4.99. The molecule has 4 rings (SSSR count). The van der Waals surface area contributed by atoms with Crippen LogP contribution in [0.25, 0.3) is 22.0 Å². The summed E-state index contributed by atoms with van der Waals surface area (Å²) in [4.78, 5) is 24.1. The fourth-order valence-electron chi connectivity index (χ4n) is 3.16. The van der Waals surface area contributed by atoms with E-state index in [1.54, 1.807) is 24.3 Å². The smallest absolute Gasteiger partial charge is 0.381 e. The molecule has 1 aromatic carbocycles. The third kappa shape index (κ3) is 4.07. The van der Waals surface area contributed by atoms with Gasteiger partial charge in [-0.15, -0.1) is 0 Å². The summed E-state index contributed by atoms with van der Waals surface area (Å²) in [6.07, 6.45) is -0.784. The molecule has 0 aliphatic rings. The Hall–Kier alpha value is -4.08. The minimum Gasteiger partial charge on any atom is -0.381 e. The third-order valence-corrected chi connectivity index (χ3v) is 4.82. The molecular weight excluding hydrogens is 426 g/mol. The Kier molecular flexibility index (Phi) is 5.21. The van der Waals surface area contributed by atoms with Gasteiger partial charge < -0.3 is 11.1 Å². The Morgan fingerprint density at radius 3 is 2.56 bits per heavy atom. The molecule has 6 nitrogen and oxygen atoms in total. The van der Waals surface area contributed by atoms with Crippen LogP contribution in [-0.2, 0) is 6.18 Å². The average Bonchev–Trinajstić information content (AvgIpc) is 2.77. The van der Waals surface area contributed by atoms with Gasteiger partial charge in [0.15, 0.2) is 11.6 Å². The molecule has 4 aromatic rings. The largest absolute Gasteiger partial charge is 0.416 e. The summed E-state index contributed by atoms with van der Waals surface area (Å²) in [6.45, 7) is 1.83. The maximum Gasteiger partial charge on any atom is 0.416 e. The molecule has 0 atom stereocenters. The summed E-state index contributed by atoms with van der Waals surface area (Å²) in [5.41, 5.74) is 6.72. The van der Waals surface area contributed by atoms with Crippen LogP contribution in [0.1, 0.15) is 21.6 Å². The molecule has 0 aliphatic carbocycles. The Labute approximate surface area is 179 Å². The first kappa shape index (κ1) is 21.2. The number of hydrogen-bond acceptors (Lipinski definition) is 5. The van der Waals surface area contributed by atoms with Crippen LogP contribution in [-0.4, -0.2) is 20.9 Å². The van der Waals surface area contributed by atoms with Crippen LogP contribution in [0.2, 0.25) is 0 Å². The molecule has 3 aromatic heterocycles. The van der Waals surface area contributed by atoms with E-state index < -0.39 is 23.5 Å². The zero-order valence-corrected chi connectivity index (χ0v) is 16.5. The molecule has 10 heteroatoms. The molecule has 0 spiro atoms. The molecule has 3 N–H and O–H groups in total. The summed E-state index contributed by atoms with van der Waals surface area (Å²) < 4.78 is 52.8. The number of aromatic nitrogens is 3. The first-order valence-electron chi connectivity index (χ1n) is 9.29. The van der Waals surface area contributed by atoms with Crippen molar-refractivity contribution in [2.24, 2.45) is 0 Å². The molecule has 0 radical (unpaired) electrons. The molecule has 32 heavy (non-hydrogen) atoms. The number of alkyl halides is 3. The second-order valence-corrected chi connectivity index (χ2v) is 7.03. The molecular formula is C22H15F4N5O. The fourth-order valence-corrected chi connectivity index (χ4v) is 3.16. The van der Waals surface area contributed by atoms with Gasteiger partial charge in [-0.2, -0.15) is 13.2 Å². The second kappa shape index (κ2) is 7.88. The summed E-state index contributed by atoms with van der Waals surface area (Å²) in [7, 11) is 0. The van der Waals surface area contributed by atoms with Crippen molar-refractivity contribution in [1.82, 2.24) is 15.0 Å². The number of aryl methyl sites for hydroxylation is 1. The van der Waals surface area contributed by atoms with E-state index in [4.69, 9.17) is 5.73 Å². The summed E-state index contributed by atoms with van der Waals surface area (Å²) in [6, 6.07) is 8.14. The number of benzene rings is 1. The number of rotatable bonds is 3. The van der Waals surface area contributed by atoms with Crippen LogP contribution in [0.4, 0.5) is 29.1 Å². The van der Waals surface area contributed by atoms with E-state index in [0.717, 1.165) is 17.8 Å². The van der Waals surface area contributed by atoms with Gasteiger partial charge in [0.25, 0.3) is 5.91 Å². The zero-order chi connectivity index (χ0) is 23.0. The summed E-state index contributed by atoms with van der Waals surface area (Å²) in [5.74, 6) is -1.74. The quantitative estimate of drug-likeness (QED) is 0.437. The van der Waals surface area contributed by atoms with Crippen molar-refractivity contribution < 1.29 is 22.4 Å². The highest BCUT2D eigenvalue weighted by molar-refractivity contribution is 6.03. The highest BCUT2D eigenvalue weighted by atomic mass is 19.4. The van der Waals surface area contributed by atoms with E-state index in [-0.39, 0.29) is 17.0 Å². The molecule has 0 fully saturated rings. The van der Waals surface area contributed by atoms with Crippen molar-refractivity contribution >= 4 is 28.3 Å². The number of nitrogens with two attached hydrogens (primary N) is 1. The normalized spacial score (nSPS) is 11.5. The third-order valence-electron chi connectivity index (χ3n) is 4.82. The number of halogens is 4. The van der Waals surface area contributed by atoms with Crippen LogP contribution in [0.5, 0.6) is 0 Å². The van der Waals surface area contributed by atoms with Gasteiger partial charge in [-0.05, 0) is 48.4 Å². The standard InChI is InChI=1S/C22H15F4N5O/c1-11-2-3-15(31-21(32)17-7-14(4-5-28-17)22(24,25)26)8-16(11)12-6-13-10-30-20(27)18(23)19(13)29-9-12/h2-10H,1H3,(H2,27,30)(H,31,32). The summed E-state index contributed by atoms with van der Waals surface area (Å²) >= 11 is 0. The SMILES string of the molecule is Cc1ccc(NC(=O)c2cc(C(F)(F)F)ccn2)cc1-c1cnc2c(F)c(N)ncc2c1. The van der Waals surface area contributed by atoms with Gasteiger partial charge in [0.2, 0.25) is 0 Å². The predicted molar refractivity (Wildman–Crippen MR) is 111 cm³/mol. The maximum absolute atomic E-state index is 14.1. The highest BCUT2D eigenvalue weighted by Gasteiger charge is 2.31. The van der Waals surface area contributed by atoms with Gasteiger partial charge in [0, 0.05) is 35.2 Å². The number of fused-ring (bicyclic) bond motifs is 1. The Morgan fingerprint density at radius 1 is 1.03 bits per heavy atom. The van der Waals surface area contributed by atoms with E-state index in [2.05, 4.69) is 20.3 Å². The van der Waals surface area contributed by atoms with Crippen molar-refractivity contribution in [1.29, 1.82) is 0 Å². The first-order chi connectivity index (χ1) is 15.1. The lowest BCUT2D eigenvalue weighted by Crippen LogP contribution is -2.15. The van der Waals surface area contributed by atoms with Gasteiger partial charge in [0.05, 0.1) is 5.56 Å². The van der Waals surface area contributed by atoms with Crippen LogP contribution < -0.4 is 11.1 Å². The lowest BCUT2D eigenvalue weighted by Gasteiger charge is -2.12. The number of nitrogens with one attached hydrogen (secondary N) is 1. The monoisotopic (exact) mass is 441 g/mol. The Bertz CT molecular complexity index is 1350. The number of anilines is 2. The lowest BCUT2D eigenvalue weighted by molar-refractivity contribution is -0.137. The topological polar surface area (TPSA) is 93.8 Å². The van der Waals surface area contributed by atoms with Crippen LogP contribution in [0.15, 0.2) is 55.0 Å². The minimum atomic E-state index is -4.59. The average molecular weight is 441 g/mol. The van der Waals surface area contributed by atoms with Gasteiger partial charge in [-0.25, -0.2) is 9.37 Å². The zero-order valence-electron chi connectivity index (χ0n) is 16.5. The minimum absolute atomic E-state index is 0.0824. The second-order valence-electron chi connectivity index (χ2n) is 7.03. The van der Waals surface area contributed by atoms with E-state index in [0.29, 0.717) is 28.3 Å². The van der Waals surface area contributed by atoms with E-state index in [1.165, 1.54) is 12.4 Å². The maximum atomic E-state index is 14.1. The highest BCUT2D eigenvalue weighted by Crippen LogP contribution is 2.31. The van der Waals surface area contributed by atoms with Gasteiger partial charge in [-0.3, -0.25) is 14.8 Å². The van der Waals surface area contributed by atoms with Gasteiger partial charge >= 0.3 is 6.18 Å². The van der Waals surface area contributed by atoms with Crippen LogP contribution in [0, 0.1) is 12.7 Å².